The van der Waals surface area contributed by atoms with Gasteiger partial charge in [-0.25, -0.2) is 13.6 Å². The molecule has 2 N–H and O–H groups in total. The van der Waals surface area contributed by atoms with Gasteiger partial charge in [0, 0.05) is 23.6 Å². The van der Waals surface area contributed by atoms with Crippen LogP contribution >= 0.6 is 24.0 Å². The fraction of sp³-hybridized carbons (Fsp3) is 0.409. The molecule has 7 nitrogen and oxygen atoms in total. The van der Waals surface area contributed by atoms with E-state index in [2.05, 4.69) is 4.90 Å². The molecule has 3 rings (SSSR count). The van der Waals surface area contributed by atoms with Crippen LogP contribution in [-0.4, -0.2) is 52.5 Å². The summed E-state index contributed by atoms with van der Waals surface area (Å²) in [6.45, 7) is 2.24. The second-order valence-electron chi connectivity index (χ2n) is 7.57. The maximum absolute atomic E-state index is 12.6. The molecule has 0 radical (unpaired) electrons. The molecule has 0 spiro atoms. The molecule has 0 aliphatic carbocycles. The minimum Gasteiger partial charge on any atom is -0.486 e. The predicted octanol–water partition coefficient (Wildman–Crippen LogP) is 3.71. The summed E-state index contributed by atoms with van der Waals surface area (Å²) in [5, 5.41) is 6.07. The van der Waals surface area contributed by atoms with Gasteiger partial charge in [-0.15, -0.1) is 12.4 Å². The summed E-state index contributed by atoms with van der Waals surface area (Å²) < 4.78 is 34.7. The molecule has 10 heteroatoms. The Morgan fingerprint density at radius 1 is 1.12 bits per heavy atom. The van der Waals surface area contributed by atoms with Crippen molar-refractivity contribution in [1.29, 1.82) is 0 Å². The van der Waals surface area contributed by atoms with Gasteiger partial charge in [0.2, 0.25) is 10.0 Å². The van der Waals surface area contributed by atoms with Gasteiger partial charge in [-0.1, -0.05) is 29.8 Å². The van der Waals surface area contributed by atoms with Crippen molar-refractivity contribution in [3.63, 3.8) is 0 Å². The van der Waals surface area contributed by atoms with Gasteiger partial charge in [-0.2, -0.15) is 0 Å². The summed E-state index contributed by atoms with van der Waals surface area (Å²) in [5.41, 5.74) is 1.39. The highest BCUT2D eigenvalue weighted by atomic mass is 35.5. The van der Waals surface area contributed by atoms with E-state index < -0.39 is 10.0 Å². The van der Waals surface area contributed by atoms with Crippen LogP contribution in [0.2, 0.25) is 5.02 Å². The highest BCUT2D eigenvalue weighted by molar-refractivity contribution is 7.89. The standard InChI is InChI=1S/C22H27ClN2O5S.ClH/c1-25(11-9-16-6-2-3-7-18(16)23)10-5-4-8-19(26)17-14-20-22(30-13-12-29-20)21(15-17)31(24,27)28;/h2-3,6-7,14-15H,4-5,8-13H2,1H3,(H2,24,27,28);1H. The molecule has 176 valence electrons. The molecule has 1 heterocycles. The van der Waals surface area contributed by atoms with E-state index in [0.29, 0.717) is 12.8 Å². The Labute approximate surface area is 200 Å². The molecule has 0 aromatic heterocycles. The van der Waals surface area contributed by atoms with Gasteiger partial charge in [-0.3, -0.25) is 4.79 Å². The second-order valence-corrected chi connectivity index (χ2v) is 9.51. The molecule has 0 saturated heterocycles. The van der Waals surface area contributed by atoms with Gasteiger partial charge >= 0.3 is 0 Å². The zero-order valence-electron chi connectivity index (χ0n) is 17.9. The summed E-state index contributed by atoms with van der Waals surface area (Å²) in [6, 6.07) is 10.6. The van der Waals surface area contributed by atoms with E-state index in [1.54, 1.807) is 0 Å². The number of nitrogens with two attached hydrogens (primary N) is 1. The predicted molar refractivity (Wildman–Crippen MR) is 127 cm³/mol. The van der Waals surface area contributed by atoms with Gasteiger partial charge in [0.1, 0.15) is 18.1 Å². The average Bonchev–Trinajstić information content (AvgIpc) is 2.74. The number of fused-ring (bicyclic) bond motifs is 1. The highest BCUT2D eigenvalue weighted by Crippen LogP contribution is 2.37. The number of sulfonamides is 1. The third-order valence-corrected chi connectivity index (χ3v) is 6.44. The molecule has 0 saturated carbocycles. The van der Waals surface area contributed by atoms with E-state index in [9.17, 15) is 13.2 Å². The lowest BCUT2D eigenvalue weighted by Gasteiger charge is -2.21. The van der Waals surface area contributed by atoms with Crippen LogP contribution in [0.1, 0.15) is 35.2 Å². The number of rotatable bonds is 10. The van der Waals surface area contributed by atoms with Crippen LogP contribution in [0.15, 0.2) is 41.3 Å². The number of likely N-dealkylation sites (N-methyl/N-ethyl adjacent to an activating group) is 1. The van der Waals surface area contributed by atoms with E-state index in [1.165, 1.54) is 12.1 Å². The van der Waals surface area contributed by atoms with Crippen molar-refractivity contribution >= 4 is 39.8 Å². The monoisotopic (exact) mass is 502 g/mol. The number of carbonyl (C=O) groups excluding carboxylic acids is 1. The number of carbonyl (C=O) groups is 1. The lowest BCUT2D eigenvalue weighted by atomic mass is 10.0. The third kappa shape index (κ3) is 7.08. The first-order chi connectivity index (χ1) is 14.8. The van der Waals surface area contributed by atoms with Crippen LogP contribution in [0.3, 0.4) is 0 Å². The van der Waals surface area contributed by atoms with Crippen molar-refractivity contribution in [2.75, 3.05) is 33.4 Å². The molecule has 1 aliphatic heterocycles. The molecule has 0 unspecified atom stereocenters. The third-order valence-electron chi connectivity index (χ3n) is 5.15. The van der Waals surface area contributed by atoms with Crippen molar-refractivity contribution in [1.82, 2.24) is 4.90 Å². The fourth-order valence-corrected chi connectivity index (χ4v) is 4.37. The summed E-state index contributed by atoms with van der Waals surface area (Å²) in [4.78, 5) is 14.6. The maximum atomic E-state index is 12.6. The largest absolute Gasteiger partial charge is 0.486 e. The lowest BCUT2D eigenvalue weighted by molar-refractivity contribution is 0.0976. The van der Waals surface area contributed by atoms with Crippen molar-refractivity contribution in [2.24, 2.45) is 5.14 Å². The number of ether oxygens (including phenoxy) is 2. The smallest absolute Gasteiger partial charge is 0.241 e. The molecule has 0 atom stereocenters. The minimum absolute atomic E-state index is 0. The van der Waals surface area contributed by atoms with E-state index in [4.69, 9.17) is 26.2 Å². The molecular formula is C22H28Cl2N2O5S. The van der Waals surface area contributed by atoms with Crippen molar-refractivity contribution in [2.45, 2.75) is 30.6 Å². The van der Waals surface area contributed by atoms with Gasteiger partial charge in [0.15, 0.2) is 17.3 Å². The number of ketones is 1. The Morgan fingerprint density at radius 2 is 1.84 bits per heavy atom. The van der Waals surface area contributed by atoms with Gasteiger partial charge in [-0.05, 0) is 56.6 Å². The second kappa shape index (κ2) is 11.9. The van der Waals surface area contributed by atoms with Crippen LogP contribution in [0, 0.1) is 0 Å². The average molecular weight is 503 g/mol. The Bertz CT molecular complexity index is 1050. The number of unbranched alkanes of at least 4 members (excludes halogenated alkanes) is 1. The van der Waals surface area contributed by atoms with Crippen molar-refractivity contribution in [3.05, 3.63) is 52.5 Å². The Balaban J connectivity index is 0.00000363. The normalized spacial score (nSPS) is 13.0. The number of nitrogens with zero attached hydrogens (tertiary/aromatic N) is 1. The quantitative estimate of drug-likeness (QED) is 0.392. The first-order valence-electron chi connectivity index (χ1n) is 10.2. The van der Waals surface area contributed by atoms with Crippen LogP contribution in [0.4, 0.5) is 0 Å². The molecule has 2 aromatic rings. The van der Waals surface area contributed by atoms with Crippen molar-refractivity contribution < 1.29 is 22.7 Å². The number of hydrogen-bond donors (Lipinski definition) is 1. The van der Waals surface area contributed by atoms with Crippen LogP contribution in [0.5, 0.6) is 11.5 Å². The minimum atomic E-state index is -4.04. The molecule has 1 aliphatic rings. The summed E-state index contributed by atoms with van der Waals surface area (Å²) in [5.74, 6) is 0.159. The molecule has 0 amide bonds. The number of Topliss-reactive ketones (excluding diaryl/α,β-unsaturated/α-hetero) is 1. The van der Waals surface area contributed by atoms with E-state index in [0.717, 1.165) is 36.5 Å². The molecular weight excluding hydrogens is 475 g/mol. The van der Waals surface area contributed by atoms with E-state index >= 15 is 0 Å². The van der Waals surface area contributed by atoms with Crippen molar-refractivity contribution in [3.8, 4) is 11.5 Å². The Morgan fingerprint density at radius 3 is 2.56 bits per heavy atom. The van der Waals surface area contributed by atoms with Gasteiger partial charge in [0.05, 0.1) is 0 Å². The number of benzene rings is 2. The highest BCUT2D eigenvalue weighted by Gasteiger charge is 2.25. The van der Waals surface area contributed by atoms with Crippen LogP contribution < -0.4 is 14.6 Å². The lowest BCUT2D eigenvalue weighted by Crippen LogP contribution is -2.22. The maximum Gasteiger partial charge on any atom is 0.241 e. The number of hydrogen-bond acceptors (Lipinski definition) is 6. The molecule has 0 fully saturated rings. The van der Waals surface area contributed by atoms with E-state index in [-0.39, 0.29) is 53.4 Å². The first kappa shape index (κ1) is 26.4. The molecule has 2 aromatic carbocycles. The summed E-state index contributed by atoms with van der Waals surface area (Å²) in [6.07, 6.45) is 2.70. The summed E-state index contributed by atoms with van der Waals surface area (Å²) >= 11 is 6.19. The van der Waals surface area contributed by atoms with Gasteiger partial charge in [0.25, 0.3) is 0 Å². The van der Waals surface area contributed by atoms with Gasteiger partial charge < -0.3 is 14.4 Å². The zero-order chi connectivity index (χ0) is 22.4. The number of halogens is 2. The summed E-state index contributed by atoms with van der Waals surface area (Å²) in [7, 11) is -2.00. The number of primary sulfonamides is 1. The molecule has 32 heavy (non-hydrogen) atoms. The Kier molecular flexibility index (Phi) is 9.79. The van der Waals surface area contributed by atoms with Crippen LogP contribution in [-0.2, 0) is 16.4 Å². The van der Waals surface area contributed by atoms with Crippen LogP contribution in [0.25, 0.3) is 0 Å². The zero-order valence-corrected chi connectivity index (χ0v) is 20.3. The Hall–Kier alpha value is -1.84. The fourth-order valence-electron chi connectivity index (χ4n) is 3.43. The molecule has 0 bridgehead atoms. The topological polar surface area (TPSA) is 98.9 Å². The van der Waals surface area contributed by atoms with E-state index in [1.807, 2.05) is 31.3 Å². The first-order valence-corrected chi connectivity index (χ1v) is 12.1. The SMILES string of the molecule is CN(CCCCC(=O)c1cc2c(c(S(N)(=O)=O)c1)OCCO2)CCc1ccccc1Cl.Cl.